The fraction of sp³-hybridized carbons (Fsp3) is 0.125. The van der Waals surface area contributed by atoms with E-state index in [4.69, 9.17) is 17.3 Å². The zero-order valence-electron chi connectivity index (χ0n) is 11.5. The number of amides is 1. The van der Waals surface area contributed by atoms with Gasteiger partial charge in [-0.15, -0.1) is 0 Å². The Kier molecular flexibility index (Phi) is 4.94. The largest absolute Gasteiger partial charge is 0.320 e. The molecule has 2 rings (SSSR count). The van der Waals surface area contributed by atoms with Crippen molar-refractivity contribution in [3.63, 3.8) is 0 Å². The Morgan fingerprint density at radius 1 is 1.43 bits per heavy atom. The van der Waals surface area contributed by atoms with Gasteiger partial charge in [0, 0.05) is 16.8 Å². The van der Waals surface area contributed by atoms with Crippen LogP contribution in [-0.4, -0.2) is 17.4 Å². The summed E-state index contributed by atoms with van der Waals surface area (Å²) >= 11 is 5.97. The number of carbonyl (C=O) groups is 1. The van der Waals surface area contributed by atoms with Gasteiger partial charge in [0.05, 0.1) is 12.2 Å². The molecule has 0 aliphatic carbocycles. The SMILES string of the molecule is Cc1cccnc1C(=O)Nc1cc(Cl)ccc1C#CCN. The van der Waals surface area contributed by atoms with Crippen molar-refractivity contribution in [2.24, 2.45) is 5.73 Å². The van der Waals surface area contributed by atoms with Crippen LogP contribution in [-0.2, 0) is 0 Å². The second-order valence-electron chi connectivity index (χ2n) is 4.32. The first kappa shape index (κ1) is 15.0. The molecular formula is C16H14ClN3O. The summed E-state index contributed by atoms with van der Waals surface area (Å²) in [5, 5.41) is 3.30. The lowest BCUT2D eigenvalue weighted by Crippen LogP contribution is -2.15. The molecule has 0 saturated heterocycles. The number of nitrogens with zero attached hydrogens (tertiary/aromatic N) is 1. The van der Waals surface area contributed by atoms with Gasteiger partial charge >= 0.3 is 0 Å². The zero-order chi connectivity index (χ0) is 15.2. The lowest BCUT2D eigenvalue weighted by atomic mass is 10.1. The molecule has 3 N–H and O–H groups in total. The summed E-state index contributed by atoms with van der Waals surface area (Å²) in [5.41, 5.74) is 7.74. The highest BCUT2D eigenvalue weighted by molar-refractivity contribution is 6.31. The van der Waals surface area contributed by atoms with Crippen molar-refractivity contribution in [3.05, 3.63) is 58.4 Å². The average molecular weight is 300 g/mol. The third-order valence-electron chi connectivity index (χ3n) is 2.78. The molecule has 106 valence electrons. The van der Waals surface area contributed by atoms with Crippen LogP contribution in [0.2, 0.25) is 5.02 Å². The smallest absolute Gasteiger partial charge is 0.274 e. The Bertz CT molecular complexity index is 732. The molecule has 0 radical (unpaired) electrons. The quantitative estimate of drug-likeness (QED) is 0.838. The maximum atomic E-state index is 12.3. The minimum absolute atomic E-state index is 0.245. The molecule has 0 saturated carbocycles. The Labute approximate surface area is 128 Å². The summed E-state index contributed by atoms with van der Waals surface area (Å²) in [7, 11) is 0. The monoisotopic (exact) mass is 299 g/mol. The summed E-state index contributed by atoms with van der Waals surface area (Å²) in [6.07, 6.45) is 1.58. The van der Waals surface area contributed by atoms with E-state index in [0.29, 0.717) is 22.0 Å². The number of hydrogen-bond acceptors (Lipinski definition) is 3. The van der Waals surface area contributed by atoms with Crippen LogP contribution in [0, 0.1) is 18.8 Å². The van der Waals surface area contributed by atoms with E-state index < -0.39 is 0 Å². The molecule has 1 heterocycles. The molecule has 0 spiro atoms. The van der Waals surface area contributed by atoms with Gasteiger partial charge in [0.15, 0.2) is 0 Å². The number of halogens is 1. The molecule has 0 atom stereocenters. The molecule has 4 nitrogen and oxygen atoms in total. The van der Waals surface area contributed by atoms with Gasteiger partial charge in [-0.05, 0) is 36.8 Å². The molecule has 5 heteroatoms. The lowest BCUT2D eigenvalue weighted by molar-refractivity contribution is 0.102. The molecule has 0 fully saturated rings. The summed E-state index contributed by atoms with van der Waals surface area (Å²) in [5.74, 6) is 5.36. The highest BCUT2D eigenvalue weighted by Gasteiger charge is 2.12. The van der Waals surface area contributed by atoms with Crippen molar-refractivity contribution < 1.29 is 4.79 Å². The Hall–Kier alpha value is -2.35. The van der Waals surface area contributed by atoms with Crippen molar-refractivity contribution in [1.29, 1.82) is 0 Å². The first-order valence-corrected chi connectivity index (χ1v) is 6.71. The van der Waals surface area contributed by atoms with Gasteiger partial charge in [0.2, 0.25) is 0 Å². The fourth-order valence-electron chi connectivity index (χ4n) is 1.78. The Morgan fingerprint density at radius 2 is 2.24 bits per heavy atom. The van der Waals surface area contributed by atoms with Crippen LogP contribution < -0.4 is 11.1 Å². The minimum atomic E-state index is -0.300. The van der Waals surface area contributed by atoms with Gasteiger partial charge in [0.25, 0.3) is 5.91 Å². The molecule has 0 bridgehead atoms. The van der Waals surface area contributed by atoms with E-state index in [-0.39, 0.29) is 12.5 Å². The van der Waals surface area contributed by atoms with Crippen molar-refractivity contribution >= 4 is 23.2 Å². The average Bonchev–Trinajstić information content (AvgIpc) is 2.47. The van der Waals surface area contributed by atoms with E-state index >= 15 is 0 Å². The molecule has 0 unspecified atom stereocenters. The lowest BCUT2D eigenvalue weighted by Gasteiger charge is -2.09. The number of rotatable bonds is 2. The molecule has 21 heavy (non-hydrogen) atoms. The predicted octanol–water partition coefficient (Wildman–Crippen LogP) is 2.61. The van der Waals surface area contributed by atoms with Crippen LogP contribution in [0.3, 0.4) is 0 Å². The maximum Gasteiger partial charge on any atom is 0.274 e. The molecule has 1 aromatic heterocycles. The second kappa shape index (κ2) is 6.89. The van der Waals surface area contributed by atoms with Gasteiger partial charge in [-0.1, -0.05) is 29.5 Å². The molecular weight excluding hydrogens is 286 g/mol. The number of carbonyl (C=O) groups excluding carboxylic acids is 1. The number of pyridine rings is 1. The third kappa shape index (κ3) is 3.82. The van der Waals surface area contributed by atoms with Crippen LogP contribution in [0.5, 0.6) is 0 Å². The molecule has 1 aromatic carbocycles. The van der Waals surface area contributed by atoms with Crippen molar-refractivity contribution in [3.8, 4) is 11.8 Å². The topological polar surface area (TPSA) is 68.0 Å². The number of nitrogens with two attached hydrogens (primary N) is 1. The summed E-state index contributed by atoms with van der Waals surface area (Å²) in [6.45, 7) is 2.07. The summed E-state index contributed by atoms with van der Waals surface area (Å²) in [4.78, 5) is 16.4. The molecule has 1 amide bonds. The van der Waals surface area contributed by atoms with Crippen molar-refractivity contribution in [2.75, 3.05) is 11.9 Å². The number of benzene rings is 1. The number of aryl methyl sites for hydroxylation is 1. The first-order chi connectivity index (χ1) is 10.1. The highest BCUT2D eigenvalue weighted by Crippen LogP contribution is 2.21. The van der Waals surface area contributed by atoms with Gasteiger partial charge in [-0.2, -0.15) is 0 Å². The number of hydrogen-bond donors (Lipinski definition) is 2. The van der Waals surface area contributed by atoms with Gasteiger partial charge in [0.1, 0.15) is 5.69 Å². The summed E-state index contributed by atoms with van der Waals surface area (Å²) in [6, 6.07) is 8.71. The molecule has 0 aliphatic rings. The van der Waals surface area contributed by atoms with Crippen LogP contribution in [0.1, 0.15) is 21.6 Å². The van der Waals surface area contributed by atoms with E-state index in [9.17, 15) is 4.79 Å². The predicted molar refractivity (Wildman–Crippen MR) is 84.3 cm³/mol. The second-order valence-corrected chi connectivity index (χ2v) is 4.76. The van der Waals surface area contributed by atoms with E-state index in [1.54, 1.807) is 30.5 Å². The van der Waals surface area contributed by atoms with Crippen LogP contribution in [0.25, 0.3) is 0 Å². The van der Waals surface area contributed by atoms with E-state index in [2.05, 4.69) is 22.1 Å². The van der Waals surface area contributed by atoms with Crippen molar-refractivity contribution in [2.45, 2.75) is 6.92 Å². The molecule has 0 aliphatic heterocycles. The van der Waals surface area contributed by atoms with Crippen LogP contribution >= 0.6 is 11.6 Å². The van der Waals surface area contributed by atoms with Gasteiger partial charge < -0.3 is 11.1 Å². The Morgan fingerprint density at radius 3 is 2.95 bits per heavy atom. The summed E-state index contributed by atoms with van der Waals surface area (Å²) < 4.78 is 0. The van der Waals surface area contributed by atoms with Gasteiger partial charge in [-0.25, -0.2) is 0 Å². The van der Waals surface area contributed by atoms with E-state index in [1.807, 2.05) is 13.0 Å². The third-order valence-corrected chi connectivity index (χ3v) is 3.01. The van der Waals surface area contributed by atoms with E-state index in [1.165, 1.54) is 0 Å². The first-order valence-electron chi connectivity index (χ1n) is 6.33. The van der Waals surface area contributed by atoms with Crippen LogP contribution in [0.4, 0.5) is 5.69 Å². The Balaban J connectivity index is 2.33. The van der Waals surface area contributed by atoms with E-state index in [0.717, 1.165) is 5.56 Å². The van der Waals surface area contributed by atoms with Gasteiger partial charge in [-0.3, -0.25) is 9.78 Å². The number of aromatic nitrogens is 1. The van der Waals surface area contributed by atoms with Crippen molar-refractivity contribution in [1.82, 2.24) is 4.98 Å². The normalized spacial score (nSPS) is 9.67. The highest BCUT2D eigenvalue weighted by atomic mass is 35.5. The number of nitrogens with one attached hydrogen (secondary N) is 1. The maximum absolute atomic E-state index is 12.3. The fourth-order valence-corrected chi connectivity index (χ4v) is 1.95. The van der Waals surface area contributed by atoms with Crippen LogP contribution in [0.15, 0.2) is 36.5 Å². The molecule has 2 aromatic rings. The zero-order valence-corrected chi connectivity index (χ0v) is 12.2. The minimum Gasteiger partial charge on any atom is -0.320 e. The number of anilines is 1. The standard InChI is InChI=1S/C16H14ClN3O/c1-11-4-3-9-19-15(11)16(21)20-14-10-13(17)7-6-12(14)5-2-8-18/h3-4,6-7,9-10H,8,18H2,1H3,(H,20,21).